The number of aromatic hydroxyl groups is 1. The zero-order valence-electron chi connectivity index (χ0n) is 9.75. The summed E-state index contributed by atoms with van der Waals surface area (Å²) in [6.45, 7) is 0. The minimum atomic E-state index is -0.299. The molecule has 0 atom stereocenters. The molecule has 0 aliphatic carbocycles. The van der Waals surface area contributed by atoms with Crippen LogP contribution in [0.5, 0.6) is 5.75 Å². The number of hydrazone groups is 1. The molecule has 0 radical (unpaired) electrons. The van der Waals surface area contributed by atoms with Crippen LogP contribution in [0, 0.1) is 3.57 Å². The van der Waals surface area contributed by atoms with E-state index in [0.717, 1.165) is 9.13 Å². The van der Waals surface area contributed by atoms with Crippen molar-refractivity contribution in [3.05, 3.63) is 57.4 Å². The lowest BCUT2D eigenvalue weighted by Crippen LogP contribution is -2.17. The minimum absolute atomic E-state index is 0.221. The van der Waals surface area contributed by atoms with E-state index in [4.69, 9.17) is 0 Å². The van der Waals surface area contributed by atoms with Crippen molar-refractivity contribution in [2.24, 2.45) is 5.10 Å². The summed E-state index contributed by atoms with van der Waals surface area (Å²) in [6.07, 6.45) is 4.60. The van der Waals surface area contributed by atoms with Gasteiger partial charge >= 0.3 is 0 Å². The number of benzene rings is 1. The van der Waals surface area contributed by atoms with Crippen molar-refractivity contribution in [1.82, 2.24) is 10.4 Å². The van der Waals surface area contributed by atoms with Gasteiger partial charge in [-0.1, -0.05) is 0 Å². The molecule has 6 heteroatoms. The molecule has 1 aromatic heterocycles. The lowest BCUT2D eigenvalue weighted by atomic mass is 10.2. The number of aromatic nitrogens is 1. The van der Waals surface area contributed by atoms with Gasteiger partial charge in [-0.05, 0) is 58.5 Å². The number of pyridine rings is 1. The highest BCUT2D eigenvalue weighted by Gasteiger charge is 2.02. The van der Waals surface area contributed by atoms with Gasteiger partial charge in [0.2, 0.25) is 0 Å². The summed E-state index contributed by atoms with van der Waals surface area (Å²) in [5.74, 6) is -0.0781. The molecule has 5 nitrogen and oxygen atoms in total. The Morgan fingerprint density at radius 2 is 2.05 bits per heavy atom. The van der Waals surface area contributed by atoms with Crippen LogP contribution in [0.3, 0.4) is 0 Å². The molecule has 1 aromatic carbocycles. The van der Waals surface area contributed by atoms with Crippen molar-refractivity contribution in [2.45, 2.75) is 0 Å². The van der Waals surface area contributed by atoms with Crippen molar-refractivity contribution in [2.75, 3.05) is 0 Å². The summed E-state index contributed by atoms with van der Waals surface area (Å²) in [5.41, 5.74) is 3.70. The van der Waals surface area contributed by atoms with Gasteiger partial charge in [-0.2, -0.15) is 5.10 Å². The smallest absolute Gasteiger partial charge is 0.271 e. The molecule has 1 amide bonds. The number of hydrogen-bond acceptors (Lipinski definition) is 4. The van der Waals surface area contributed by atoms with Crippen molar-refractivity contribution >= 4 is 34.7 Å². The molecule has 96 valence electrons. The maximum absolute atomic E-state index is 11.7. The van der Waals surface area contributed by atoms with Crippen LogP contribution in [-0.2, 0) is 0 Å². The Kier molecular flexibility index (Phi) is 4.45. The first kappa shape index (κ1) is 13.5. The molecule has 0 saturated carbocycles. The Morgan fingerprint density at radius 3 is 2.74 bits per heavy atom. The van der Waals surface area contributed by atoms with E-state index < -0.39 is 0 Å². The predicted octanol–water partition coefficient (Wildman–Crippen LogP) is 2.16. The molecular formula is C13H10IN3O2. The van der Waals surface area contributed by atoms with Gasteiger partial charge in [-0.3, -0.25) is 9.78 Å². The molecule has 2 rings (SSSR count). The Hall–Kier alpha value is -1.96. The largest absolute Gasteiger partial charge is 0.507 e. The van der Waals surface area contributed by atoms with E-state index in [9.17, 15) is 9.90 Å². The summed E-state index contributed by atoms with van der Waals surface area (Å²) in [5, 5.41) is 13.2. The first-order valence-corrected chi connectivity index (χ1v) is 6.46. The van der Waals surface area contributed by atoms with E-state index in [1.54, 1.807) is 42.7 Å². The quantitative estimate of drug-likeness (QED) is 0.496. The molecule has 2 N–H and O–H groups in total. The monoisotopic (exact) mass is 367 g/mol. The van der Waals surface area contributed by atoms with E-state index in [2.05, 4.69) is 15.5 Å². The summed E-state index contributed by atoms with van der Waals surface area (Å²) < 4.78 is 0.724. The molecule has 2 aromatic rings. The van der Waals surface area contributed by atoms with Gasteiger partial charge in [-0.25, -0.2) is 5.43 Å². The van der Waals surface area contributed by atoms with Crippen LogP contribution in [0.2, 0.25) is 0 Å². The zero-order valence-corrected chi connectivity index (χ0v) is 11.9. The third-order valence-corrected chi connectivity index (χ3v) is 3.16. The maximum atomic E-state index is 11.7. The van der Waals surface area contributed by atoms with Gasteiger partial charge in [0.25, 0.3) is 5.91 Å². The number of hydrogen-bond donors (Lipinski definition) is 2. The number of halogens is 1. The van der Waals surface area contributed by atoms with Crippen LogP contribution in [0.25, 0.3) is 0 Å². The van der Waals surface area contributed by atoms with Crippen LogP contribution in [0.15, 0.2) is 47.8 Å². The summed E-state index contributed by atoms with van der Waals surface area (Å²) in [6, 6.07) is 8.26. The van der Waals surface area contributed by atoms with Gasteiger partial charge in [0.1, 0.15) is 5.75 Å². The van der Waals surface area contributed by atoms with Gasteiger partial charge < -0.3 is 5.11 Å². The van der Waals surface area contributed by atoms with Crippen molar-refractivity contribution < 1.29 is 9.90 Å². The number of amides is 1. The van der Waals surface area contributed by atoms with Crippen LogP contribution >= 0.6 is 22.6 Å². The molecule has 0 spiro atoms. The number of phenolic OH excluding ortho intramolecular Hbond substituents is 1. The summed E-state index contributed by atoms with van der Waals surface area (Å²) in [4.78, 5) is 15.5. The van der Waals surface area contributed by atoms with Crippen molar-refractivity contribution in [1.29, 1.82) is 0 Å². The molecule has 19 heavy (non-hydrogen) atoms. The minimum Gasteiger partial charge on any atom is -0.507 e. The predicted molar refractivity (Wildman–Crippen MR) is 80.1 cm³/mol. The van der Waals surface area contributed by atoms with Crippen LogP contribution in [0.1, 0.15) is 15.9 Å². The SMILES string of the molecule is O=C(N/N=C/c1ccc(O)c(I)c1)c1ccncc1. The maximum Gasteiger partial charge on any atom is 0.271 e. The van der Waals surface area contributed by atoms with Crippen molar-refractivity contribution in [3.63, 3.8) is 0 Å². The fourth-order valence-electron chi connectivity index (χ4n) is 1.34. The molecular weight excluding hydrogens is 357 g/mol. The van der Waals surface area contributed by atoms with E-state index >= 15 is 0 Å². The number of carbonyl (C=O) groups is 1. The number of carbonyl (C=O) groups excluding carboxylic acids is 1. The molecule has 0 saturated heterocycles. The second-order valence-electron chi connectivity index (χ2n) is 3.65. The molecule has 0 aliphatic rings. The highest BCUT2D eigenvalue weighted by atomic mass is 127. The topological polar surface area (TPSA) is 74.6 Å². The van der Waals surface area contributed by atoms with E-state index in [1.165, 1.54) is 6.21 Å². The lowest BCUT2D eigenvalue weighted by molar-refractivity contribution is 0.0955. The highest BCUT2D eigenvalue weighted by molar-refractivity contribution is 14.1. The van der Waals surface area contributed by atoms with E-state index in [0.29, 0.717) is 5.56 Å². The zero-order chi connectivity index (χ0) is 13.7. The highest BCUT2D eigenvalue weighted by Crippen LogP contribution is 2.19. The van der Waals surface area contributed by atoms with Crippen molar-refractivity contribution in [3.8, 4) is 5.75 Å². The van der Waals surface area contributed by atoms with E-state index in [1.807, 2.05) is 22.6 Å². The van der Waals surface area contributed by atoms with E-state index in [-0.39, 0.29) is 11.7 Å². The fraction of sp³-hybridized carbons (Fsp3) is 0. The standard InChI is InChI=1S/C13H10IN3O2/c14-11-7-9(1-2-12(11)18)8-16-17-13(19)10-3-5-15-6-4-10/h1-8,18H,(H,17,19)/b16-8+. The van der Waals surface area contributed by atoms with Crippen LogP contribution in [-0.4, -0.2) is 22.2 Å². The average molecular weight is 367 g/mol. The number of nitrogens with one attached hydrogen (secondary N) is 1. The Labute approximate surface area is 123 Å². The van der Waals surface area contributed by atoms with Gasteiger partial charge in [0.05, 0.1) is 9.78 Å². The molecule has 0 fully saturated rings. The third-order valence-electron chi connectivity index (χ3n) is 2.29. The second kappa shape index (κ2) is 6.28. The molecule has 0 aliphatic heterocycles. The molecule has 1 heterocycles. The number of phenols is 1. The third kappa shape index (κ3) is 3.75. The van der Waals surface area contributed by atoms with Gasteiger partial charge in [-0.15, -0.1) is 0 Å². The van der Waals surface area contributed by atoms with Crippen LogP contribution in [0.4, 0.5) is 0 Å². The number of rotatable bonds is 3. The Bertz CT molecular complexity index is 615. The fourth-order valence-corrected chi connectivity index (χ4v) is 1.88. The summed E-state index contributed by atoms with van der Waals surface area (Å²) >= 11 is 2.02. The number of nitrogens with zero attached hydrogens (tertiary/aromatic N) is 2. The van der Waals surface area contributed by atoms with Gasteiger partial charge in [0.15, 0.2) is 0 Å². The molecule has 0 unspecified atom stereocenters. The molecule has 0 bridgehead atoms. The lowest BCUT2D eigenvalue weighted by Gasteiger charge is -2.00. The Balaban J connectivity index is 2.00. The summed E-state index contributed by atoms with van der Waals surface area (Å²) in [7, 11) is 0. The first-order chi connectivity index (χ1) is 9.16. The van der Waals surface area contributed by atoms with Gasteiger partial charge in [0, 0.05) is 18.0 Å². The normalized spacial score (nSPS) is 10.6. The Morgan fingerprint density at radius 1 is 1.32 bits per heavy atom. The average Bonchev–Trinajstić information content (AvgIpc) is 2.43. The second-order valence-corrected chi connectivity index (χ2v) is 4.81. The van der Waals surface area contributed by atoms with Crippen LogP contribution < -0.4 is 5.43 Å². The first-order valence-electron chi connectivity index (χ1n) is 5.39.